The van der Waals surface area contributed by atoms with Gasteiger partial charge in [0.25, 0.3) is 11.8 Å². The maximum atomic E-state index is 13.5. The van der Waals surface area contributed by atoms with Gasteiger partial charge in [0, 0.05) is 81.8 Å². The molecule has 0 radical (unpaired) electrons. The molecular weight excluding hydrogens is 773 g/mol. The molecule has 11 heteroatoms. The van der Waals surface area contributed by atoms with Crippen molar-refractivity contribution in [2.45, 2.75) is 104 Å². The molecule has 0 N–H and O–H groups in total. The van der Waals surface area contributed by atoms with Gasteiger partial charge in [0.1, 0.15) is 17.4 Å². The number of ether oxygens (including phenoxy) is 1. The minimum atomic E-state index is 0.0323. The summed E-state index contributed by atoms with van der Waals surface area (Å²) >= 11 is 0. The van der Waals surface area contributed by atoms with Crippen molar-refractivity contribution < 1.29 is 14.3 Å². The Kier molecular flexibility index (Phi) is 12.8. The van der Waals surface area contributed by atoms with Crippen molar-refractivity contribution in [2.24, 2.45) is 0 Å². The summed E-state index contributed by atoms with van der Waals surface area (Å²) in [6.45, 7) is 14.7. The van der Waals surface area contributed by atoms with Gasteiger partial charge in [-0.05, 0) is 127 Å². The van der Waals surface area contributed by atoms with Crippen LogP contribution in [-0.4, -0.2) is 122 Å². The molecule has 326 valence electrons. The Labute approximate surface area is 367 Å². The molecule has 2 amide bonds. The molecular formula is C51H64N8O3. The third kappa shape index (κ3) is 8.62. The third-order valence-electron chi connectivity index (χ3n) is 13.8. The molecule has 3 aliphatic rings. The second-order valence-corrected chi connectivity index (χ2v) is 17.9. The molecule has 1 aliphatic carbocycles. The van der Waals surface area contributed by atoms with E-state index in [2.05, 4.69) is 60.9 Å². The minimum Gasteiger partial charge on any atom is -0.496 e. The van der Waals surface area contributed by atoms with Gasteiger partial charge in [0.15, 0.2) is 0 Å². The van der Waals surface area contributed by atoms with Crippen LogP contribution >= 0.6 is 0 Å². The molecule has 1 saturated carbocycles. The number of aromatic nitrogens is 4. The van der Waals surface area contributed by atoms with Crippen LogP contribution < -0.4 is 4.74 Å². The van der Waals surface area contributed by atoms with Gasteiger partial charge in [-0.15, -0.1) is 0 Å². The zero-order valence-corrected chi connectivity index (χ0v) is 38.0. The number of nitrogens with zero attached hydrogens (tertiary/aromatic N) is 8. The Balaban J connectivity index is 0.000000172. The van der Waals surface area contributed by atoms with E-state index in [1.165, 1.54) is 25.7 Å². The first-order valence-corrected chi connectivity index (χ1v) is 22.6. The number of piperidine rings is 1. The largest absolute Gasteiger partial charge is 0.496 e. The van der Waals surface area contributed by atoms with Crippen LogP contribution in [0.2, 0.25) is 0 Å². The van der Waals surface area contributed by atoms with Crippen LogP contribution in [0.3, 0.4) is 0 Å². The van der Waals surface area contributed by atoms with Gasteiger partial charge in [-0.25, -0.2) is 9.97 Å². The van der Waals surface area contributed by atoms with Crippen molar-refractivity contribution in [3.63, 3.8) is 0 Å². The Morgan fingerprint density at radius 2 is 1.18 bits per heavy atom. The summed E-state index contributed by atoms with van der Waals surface area (Å²) in [5, 5.41) is 0. The first-order valence-electron chi connectivity index (χ1n) is 22.6. The number of rotatable bonds is 9. The molecule has 1 unspecified atom stereocenters. The van der Waals surface area contributed by atoms with E-state index in [4.69, 9.17) is 4.74 Å². The van der Waals surface area contributed by atoms with Crippen molar-refractivity contribution in [1.29, 1.82) is 0 Å². The van der Waals surface area contributed by atoms with E-state index >= 15 is 0 Å². The molecule has 4 heterocycles. The smallest absolute Gasteiger partial charge is 0.257 e. The van der Waals surface area contributed by atoms with Crippen LogP contribution in [0.5, 0.6) is 5.75 Å². The number of methoxy groups -OCH3 is 1. The van der Waals surface area contributed by atoms with Crippen molar-refractivity contribution in [2.75, 3.05) is 47.4 Å². The number of hydrogen-bond acceptors (Lipinski definition) is 7. The molecule has 6 aromatic rings. The number of carbonyl (C=O) groups is 2. The van der Waals surface area contributed by atoms with Gasteiger partial charge >= 0.3 is 0 Å². The molecule has 3 fully saturated rings. The molecule has 2 aliphatic heterocycles. The fourth-order valence-corrected chi connectivity index (χ4v) is 10.1. The zero-order valence-electron chi connectivity index (χ0n) is 38.0. The molecule has 2 saturated heterocycles. The number of likely N-dealkylation sites (N-methyl/N-ethyl adjacent to an activating group) is 1. The highest BCUT2D eigenvalue weighted by Gasteiger charge is 2.32. The number of imidazole rings is 2. The van der Waals surface area contributed by atoms with Crippen LogP contribution in [0, 0.1) is 20.8 Å². The number of para-hydroxylation sites is 4. The highest BCUT2D eigenvalue weighted by Crippen LogP contribution is 2.31. The zero-order chi connectivity index (χ0) is 43.7. The molecule has 1 atom stereocenters. The number of benzene rings is 4. The van der Waals surface area contributed by atoms with Crippen LogP contribution in [-0.2, 0) is 0 Å². The van der Waals surface area contributed by atoms with Gasteiger partial charge in [0.05, 0.1) is 40.4 Å². The molecule has 0 spiro atoms. The summed E-state index contributed by atoms with van der Waals surface area (Å²) in [4.78, 5) is 44.9. The van der Waals surface area contributed by atoms with E-state index in [1.807, 2.05) is 111 Å². The predicted molar refractivity (Wildman–Crippen MR) is 249 cm³/mol. The van der Waals surface area contributed by atoms with Crippen molar-refractivity contribution >= 4 is 33.9 Å². The Bertz CT molecular complexity index is 2540. The van der Waals surface area contributed by atoms with Crippen molar-refractivity contribution in [3.8, 4) is 17.1 Å². The fraction of sp³-hybridized carbons (Fsp3) is 0.451. The third-order valence-corrected chi connectivity index (χ3v) is 13.8. The maximum Gasteiger partial charge on any atom is 0.257 e. The number of carbonyl (C=O) groups excluding carboxylic acids is 2. The number of amides is 2. The van der Waals surface area contributed by atoms with Crippen LogP contribution in [0.4, 0.5) is 0 Å². The van der Waals surface area contributed by atoms with Crippen LogP contribution in [0.15, 0.2) is 84.9 Å². The Morgan fingerprint density at radius 1 is 0.661 bits per heavy atom. The lowest BCUT2D eigenvalue weighted by atomic mass is 10.00. The lowest BCUT2D eigenvalue weighted by Gasteiger charge is -2.39. The average Bonchev–Trinajstić information content (AvgIpc) is 4.11. The van der Waals surface area contributed by atoms with Crippen molar-refractivity contribution in [3.05, 3.63) is 113 Å². The quantitative estimate of drug-likeness (QED) is 0.144. The lowest BCUT2D eigenvalue weighted by Crippen LogP contribution is -2.48. The average molecular weight is 837 g/mol. The first-order chi connectivity index (χ1) is 29.9. The van der Waals surface area contributed by atoms with Gasteiger partial charge in [0.2, 0.25) is 0 Å². The molecule has 11 nitrogen and oxygen atoms in total. The predicted octanol–water partition coefficient (Wildman–Crippen LogP) is 9.02. The van der Waals surface area contributed by atoms with E-state index in [9.17, 15) is 9.59 Å². The number of likely N-dealkylation sites (tertiary alicyclic amines) is 2. The highest BCUT2D eigenvalue weighted by molar-refractivity contribution is 5.98. The summed E-state index contributed by atoms with van der Waals surface area (Å²) in [5.74, 6) is 2.59. The van der Waals surface area contributed by atoms with Gasteiger partial charge in [-0.3, -0.25) is 23.6 Å². The van der Waals surface area contributed by atoms with E-state index in [0.717, 1.165) is 108 Å². The van der Waals surface area contributed by atoms with Crippen LogP contribution in [0.1, 0.15) is 96.7 Å². The monoisotopic (exact) mass is 837 g/mol. The topological polar surface area (TPSA) is 92.0 Å². The summed E-state index contributed by atoms with van der Waals surface area (Å²) in [6, 6.07) is 30.0. The summed E-state index contributed by atoms with van der Waals surface area (Å²) in [6.07, 6.45) is 8.54. The SMILES string of the molecule is COc1cc(-n2c(C)nc3ccccc32)ccc1C(=O)N(C)C1CCN(C2CCCC2)CC1.Cc1cc(-n2c(C)nc3ccccc32)ccc1C(=O)N(C)C1CCN(C(C)C)C1. The van der Waals surface area contributed by atoms with E-state index in [-0.39, 0.29) is 23.9 Å². The Morgan fingerprint density at radius 3 is 1.73 bits per heavy atom. The van der Waals surface area contributed by atoms with E-state index in [0.29, 0.717) is 17.4 Å². The summed E-state index contributed by atoms with van der Waals surface area (Å²) in [5.41, 5.74) is 8.45. The molecule has 2 aromatic heterocycles. The van der Waals surface area contributed by atoms with E-state index in [1.54, 1.807) is 7.11 Å². The number of fused-ring (bicyclic) bond motifs is 2. The molecule has 0 bridgehead atoms. The normalized spacial score (nSPS) is 17.8. The van der Waals surface area contributed by atoms with Crippen molar-refractivity contribution in [1.82, 2.24) is 38.7 Å². The second kappa shape index (κ2) is 18.4. The first kappa shape index (κ1) is 43.1. The van der Waals surface area contributed by atoms with Gasteiger partial charge in [-0.1, -0.05) is 37.1 Å². The standard InChI is InChI=1S/C27H34N4O2.C24H30N4O/c1-19-28-24-10-6-7-11-25(24)31(19)22-12-13-23(26(18-22)33-3)27(32)29(2)20-14-16-30(17-15-20)21-8-4-5-9-21;1-16(2)27-13-12-20(15-27)26(5)24(29)21-11-10-19(14-17(21)3)28-18(4)25-22-8-6-7-9-23(22)28/h6-7,10-13,18,20-21H,4-5,8-9,14-17H2,1-3H3;6-11,14,16,20H,12-13,15H2,1-5H3. The lowest BCUT2D eigenvalue weighted by molar-refractivity contribution is 0.0595. The molecule has 4 aromatic carbocycles. The Hall–Kier alpha value is -5.52. The minimum absolute atomic E-state index is 0.0323. The maximum absolute atomic E-state index is 13.5. The highest BCUT2D eigenvalue weighted by atomic mass is 16.5. The summed E-state index contributed by atoms with van der Waals surface area (Å²) in [7, 11) is 5.52. The summed E-state index contributed by atoms with van der Waals surface area (Å²) < 4.78 is 9.95. The number of aryl methyl sites for hydroxylation is 3. The fourth-order valence-electron chi connectivity index (χ4n) is 10.1. The van der Waals surface area contributed by atoms with E-state index < -0.39 is 0 Å². The second-order valence-electron chi connectivity index (χ2n) is 17.9. The molecule has 62 heavy (non-hydrogen) atoms. The van der Waals surface area contributed by atoms with Crippen LogP contribution in [0.25, 0.3) is 33.4 Å². The number of hydrogen-bond donors (Lipinski definition) is 0. The molecule has 9 rings (SSSR count). The van der Waals surface area contributed by atoms with Gasteiger partial charge in [-0.2, -0.15) is 0 Å². The van der Waals surface area contributed by atoms with Gasteiger partial charge < -0.3 is 19.4 Å².